The van der Waals surface area contributed by atoms with Gasteiger partial charge in [-0.05, 0) is 35.2 Å². The van der Waals surface area contributed by atoms with Gasteiger partial charge in [-0.2, -0.15) is 0 Å². The van der Waals surface area contributed by atoms with Gasteiger partial charge in [0.15, 0.2) is 6.29 Å². The van der Waals surface area contributed by atoms with Gasteiger partial charge in [0.2, 0.25) is 0 Å². The number of hydrogen-bond donors (Lipinski definition) is 1. The zero-order chi connectivity index (χ0) is 15.0. The molecule has 0 spiro atoms. The lowest BCUT2D eigenvalue weighted by Crippen LogP contribution is -1.88. The van der Waals surface area contributed by atoms with E-state index in [1.165, 1.54) is 5.56 Å². The molecular formula is C18H16BrNO. The highest BCUT2D eigenvalue weighted by Gasteiger charge is 2.13. The lowest BCUT2D eigenvalue weighted by Gasteiger charge is -2.06. The van der Waals surface area contributed by atoms with Crippen LogP contribution in [0.25, 0.3) is 22.2 Å². The van der Waals surface area contributed by atoms with Crippen molar-refractivity contribution in [1.29, 1.82) is 0 Å². The zero-order valence-corrected chi connectivity index (χ0v) is 13.6. The van der Waals surface area contributed by atoms with E-state index in [0.717, 1.165) is 32.9 Å². The Morgan fingerprint density at radius 2 is 1.81 bits per heavy atom. The molecule has 0 bridgehead atoms. The fourth-order valence-corrected chi connectivity index (χ4v) is 2.93. The minimum atomic E-state index is 0.503. The molecule has 0 aliphatic carbocycles. The standard InChI is InChI=1S/C18H16BrNO/c1-11(2)12-3-5-13(6-4-12)18-16(10-21)15-9-14(19)7-8-17(15)20-18/h3-11,20H,1-2H3. The summed E-state index contributed by atoms with van der Waals surface area (Å²) in [5, 5.41) is 0.947. The Hall–Kier alpha value is -1.87. The van der Waals surface area contributed by atoms with Gasteiger partial charge < -0.3 is 4.98 Å². The molecule has 1 aromatic heterocycles. The Bertz CT molecular complexity index is 800. The number of carbonyl (C=O) groups is 1. The number of hydrogen-bond acceptors (Lipinski definition) is 1. The van der Waals surface area contributed by atoms with Crippen LogP contribution in [0.2, 0.25) is 0 Å². The van der Waals surface area contributed by atoms with Crippen LogP contribution in [-0.2, 0) is 0 Å². The van der Waals surface area contributed by atoms with E-state index in [1.54, 1.807) is 0 Å². The molecule has 0 unspecified atom stereocenters. The molecular weight excluding hydrogens is 326 g/mol. The van der Waals surface area contributed by atoms with Crippen molar-refractivity contribution in [1.82, 2.24) is 4.98 Å². The topological polar surface area (TPSA) is 32.9 Å². The van der Waals surface area contributed by atoms with Crippen molar-refractivity contribution in [3.63, 3.8) is 0 Å². The highest BCUT2D eigenvalue weighted by Crippen LogP contribution is 2.31. The van der Waals surface area contributed by atoms with Crippen LogP contribution in [0.15, 0.2) is 46.9 Å². The molecule has 3 aromatic rings. The highest BCUT2D eigenvalue weighted by atomic mass is 79.9. The van der Waals surface area contributed by atoms with Crippen molar-refractivity contribution in [3.8, 4) is 11.3 Å². The summed E-state index contributed by atoms with van der Waals surface area (Å²) in [6, 6.07) is 14.3. The second-order valence-corrected chi connectivity index (χ2v) is 6.41. The SMILES string of the molecule is CC(C)c1ccc(-c2[nH]c3ccc(Br)cc3c2C=O)cc1. The third kappa shape index (κ3) is 2.54. The largest absolute Gasteiger partial charge is 0.354 e. The van der Waals surface area contributed by atoms with Crippen molar-refractivity contribution >= 4 is 33.1 Å². The van der Waals surface area contributed by atoms with Crippen LogP contribution in [0, 0.1) is 0 Å². The first-order chi connectivity index (χ1) is 10.1. The van der Waals surface area contributed by atoms with Gasteiger partial charge in [-0.3, -0.25) is 4.79 Å². The Morgan fingerprint density at radius 1 is 1.10 bits per heavy atom. The Kier molecular flexibility index (Phi) is 3.68. The van der Waals surface area contributed by atoms with Crippen molar-refractivity contribution in [2.24, 2.45) is 0 Å². The van der Waals surface area contributed by atoms with Gasteiger partial charge >= 0.3 is 0 Å². The minimum absolute atomic E-state index is 0.503. The smallest absolute Gasteiger partial charge is 0.152 e. The van der Waals surface area contributed by atoms with E-state index >= 15 is 0 Å². The molecule has 0 radical (unpaired) electrons. The Balaban J connectivity index is 2.17. The number of H-pyrrole nitrogens is 1. The van der Waals surface area contributed by atoms with Gasteiger partial charge in [0.05, 0.1) is 5.69 Å². The fraction of sp³-hybridized carbons (Fsp3) is 0.167. The number of aromatic amines is 1. The molecule has 3 heteroatoms. The minimum Gasteiger partial charge on any atom is -0.354 e. The highest BCUT2D eigenvalue weighted by molar-refractivity contribution is 9.10. The van der Waals surface area contributed by atoms with E-state index in [4.69, 9.17) is 0 Å². The molecule has 1 N–H and O–H groups in total. The monoisotopic (exact) mass is 341 g/mol. The van der Waals surface area contributed by atoms with Crippen LogP contribution < -0.4 is 0 Å². The summed E-state index contributed by atoms with van der Waals surface area (Å²) >= 11 is 3.46. The lowest BCUT2D eigenvalue weighted by atomic mass is 9.99. The molecule has 0 saturated heterocycles. The summed E-state index contributed by atoms with van der Waals surface area (Å²) in [6.07, 6.45) is 0.928. The van der Waals surface area contributed by atoms with E-state index < -0.39 is 0 Å². The predicted octanol–water partition coefficient (Wildman–Crippen LogP) is 5.53. The van der Waals surface area contributed by atoms with Crippen molar-refractivity contribution in [2.45, 2.75) is 19.8 Å². The molecule has 0 amide bonds. The van der Waals surface area contributed by atoms with Crippen LogP contribution >= 0.6 is 15.9 Å². The maximum atomic E-state index is 11.5. The van der Waals surface area contributed by atoms with Crippen LogP contribution in [0.5, 0.6) is 0 Å². The summed E-state index contributed by atoms with van der Waals surface area (Å²) in [7, 11) is 0. The lowest BCUT2D eigenvalue weighted by molar-refractivity contribution is 0.112. The number of aromatic nitrogens is 1. The third-order valence-electron chi connectivity index (χ3n) is 3.78. The van der Waals surface area contributed by atoms with E-state index in [0.29, 0.717) is 11.5 Å². The average Bonchev–Trinajstić information content (AvgIpc) is 2.85. The van der Waals surface area contributed by atoms with Crippen LogP contribution in [0.4, 0.5) is 0 Å². The molecule has 0 aliphatic heterocycles. The van der Waals surface area contributed by atoms with Gasteiger partial charge in [-0.1, -0.05) is 54.0 Å². The summed E-state index contributed by atoms with van der Waals surface area (Å²) in [4.78, 5) is 14.9. The number of halogens is 1. The summed E-state index contributed by atoms with van der Waals surface area (Å²) in [6.45, 7) is 4.35. The fourth-order valence-electron chi connectivity index (χ4n) is 2.57. The third-order valence-corrected chi connectivity index (χ3v) is 4.28. The first-order valence-electron chi connectivity index (χ1n) is 6.97. The molecule has 2 nitrogen and oxygen atoms in total. The van der Waals surface area contributed by atoms with E-state index in [1.807, 2.05) is 18.2 Å². The maximum absolute atomic E-state index is 11.5. The predicted molar refractivity (Wildman–Crippen MR) is 90.9 cm³/mol. The molecule has 21 heavy (non-hydrogen) atoms. The van der Waals surface area contributed by atoms with Gasteiger partial charge in [-0.15, -0.1) is 0 Å². The first kappa shape index (κ1) is 14.1. The van der Waals surface area contributed by atoms with Gasteiger partial charge in [0, 0.05) is 20.9 Å². The number of carbonyl (C=O) groups excluding carboxylic acids is 1. The molecule has 3 rings (SSSR count). The number of aldehydes is 1. The van der Waals surface area contributed by atoms with Gasteiger partial charge in [0.1, 0.15) is 0 Å². The quantitative estimate of drug-likeness (QED) is 0.624. The van der Waals surface area contributed by atoms with E-state index in [-0.39, 0.29) is 0 Å². The number of benzene rings is 2. The van der Waals surface area contributed by atoms with Gasteiger partial charge in [0.25, 0.3) is 0 Å². The number of rotatable bonds is 3. The molecule has 1 heterocycles. The second-order valence-electron chi connectivity index (χ2n) is 5.50. The molecule has 0 fully saturated rings. The number of fused-ring (bicyclic) bond motifs is 1. The maximum Gasteiger partial charge on any atom is 0.152 e. The van der Waals surface area contributed by atoms with Crippen LogP contribution in [0.1, 0.15) is 35.7 Å². The molecule has 2 aromatic carbocycles. The van der Waals surface area contributed by atoms with Crippen molar-refractivity contribution in [2.75, 3.05) is 0 Å². The molecule has 0 aliphatic rings. The molecule has 0 saturated carbocycles. The molecule has 0 atom stereocenters. The van der Waals surface area contributed by atoms with Crippen LogP contribution in [-0.4, -0.2) is 11.3 Å². The summed E-state index contributed by atoms with van der Waals surface area (Å²) in [5.74, 6) is 0.503. The summed E-state index contributed by atoms with van der Waals surface area (Å²) in [5.41, 5.74) is 4.90. The molecule has 106 valence electrons. The van der Waals surface area contributed by atoms with Crippen molar-refractivity contribution in [3.05, 3.63) is 58.1 Å². The second kappa shape index (κ2) is 5.49. The number of nitrogens with one attached hydrogen (secondary N) is 1. The van der Waals surface area contributed by atoms with Crippen LogP contribution in [0.3, 0.4) is 0 Å². The normalized spacial score (nSPS) is 11.2. The zero-order valence-electron chi connectivity index (χ0n) is 12.0. The Labute approximate surface area is 132 Å². The van der Waals surface area contributed by atoms with Crippen molar-refractivity contribution < 1.29 is 4.79 Å². The van der Waals surface area contributed by atoms with E-state index in [9.17, 15) is 4.79 Å². The average molecular weight is 342 g/mol. The Morgan fingerprint density at radius 3 is 2.43 bits per heavy atom. The summed E-state index contributed by atoms with van der Waals surface area (Å²) < 4.78 is 0.971. The first-order valence-corrected chi connectivity index (χ1v) is 7.76. The van der Waals surface area contributed by atoms with Gasteiger partial charge in [-0.25, -0.2) is 0 Å². The van der Waals surface area contributed by atoms with E-state index in [2.05, 4.69) is 59.0 Å².